The summed E-state index contributed by atoms with van der Waals surface area (Å²) >= 11 is 0. The number of fused-ring (bicyclic) bond motifs is 1. The van der Waals surface area contributed by atoms with Gasteiger partial charge >= 0.3 is 0 Å². The number of hydrogen-bond acceptors (Lipinski definition) is 1. The van der Waals surface area contributed by atoms with E-state index in [1.165, 1.54) is 11.1 Å². The number of nitrogens with zero attached hydrogens (tertiary/aromatic N) is 1. The molecule has 0 aliphatic rings. The lowest BCUT2D eigenvalue weighted by Crippen LogP contribution is -1.99. The van der Waals surface area contributed by atoms with Crippen molar-refractivity contribution in [1.29, 1.82) is 0 Å². The molecule has 3 rings (SSSR count). The maximum Gasteiger partial charge on any atom is 0.162 e. The summed E-state index contributed by atoms with van der Waals surface area (Å²) in [6, 6.07) is 18.4. The minimum atomic E-state index is 0.197. The van der Waals surface area contributed by atoms with Gasteiger partial charge < -0.3 is 4.57 Å². The first-order valence-corrected chi connectivity index (χ1v) is 6.94. The fraction of sp³-hybridized carbons (Fsp3) is 0.167. The van der Waals surface area contributed by atoms with E-state index < -0.39 is 0 Å². The quantitative estimate of drug-likeness (QED) is 0.644. The molecule has 0 aliphatic heterocycles. The zero-order chi connectivity index (χ0) is 13.9. The van der Waals surface area contributed by atoms with Crippen molar-refractivity contribution in [1.82, 2.24) is 4.57 Å². The minimum absolute atomic E-state index is 0.197. The van der Waals surface area contributed by atoms with Gasteiger partial charge in [0, 0.05) is 35.6 Å². The number of carbonyl (C=O) groups excluding carboxylic acids is 1. The lowest BCUT2D eigenvalue weighted by molar-refractivity contribution is 0.0988. The molecule has 0 aliphatic carbocycles. The predicted octanol–water partition coefficient (Wildman–Crippen LogP) is 4.28. The van der Waals surface area contributed by atoms with Crippen LogP contribution in [0.2, 0.25) is 0 Å². The van der Waals surface area contributed by atoms with Gasteiger partial charge in [0.25, 0.3) is 0 Å². The minimum Gasteiger partial charge on any atom is -0.343 e. The number of hydrogen-bond donors (Lipinski definition) is 0. The van der Waals surface area contributed by atoms with E-state index in [1.54, 1.807) is 0 Å². The van der Waals surface area contributed by atoms with Crippen molar-refractivity contribution in [3.63, 3.8) is 0 Å². The standard InChI is InChI=1S/C18H17NO/c1-2-18(20)16-8-9-17-15(12-16)10-11-19(17)13-14-6-4-3-5-7-14/h3-12H,2,13H2,1H3. The Labute approximate surface area is 118 Å². The van der Waals surface area contributed by atoms with Crippen LogP contribution in [0.25, 0.3) is 10.9 Å². The van der Waals surface area contributed by atoms with Crippen molar-refractivity contribution in [2.75, 3.05) is 0 Å². The fourth-order valence-corrected chi connectivity index (χ4v) is 2.50. The van der Waals surface area contributed by atoms with Crippen LogP contribution in [0, 0.1) is 0 Å². The molecule has 0 saturated heterocycles. The zero-order valence-corrected chi connectivity index (χ0v) is 11.5. The lowest BCUT2D eigenvalue weighted by atomic mass is 10.1. The van der Waals surface area contributed by atoms with Gasteiger partial charge in [0.2, 0.25) is 0 Å². The Balaban J connectivity index is 1.96. The van der Waals surface area contributed by atoms with Crippen molar-refractivity contribution in [2.45, 2.75) is 19.9 Å². The third-order valence-electron chi connectivity index (χ3n) is 3.61. The Morgan fingerprint density at radius 3 is 2.60 bits per heavy atom. The molecule has 3 aromatic rings. The molecule has 100 valence electrons. The Morgan fingerprint density at radius 2 is 1.85 bits per heavy atom. The first kappa shape index (κ1) is 12.7. The molecular formula is C18H17NO. The molecule has 2 aromatic carbocycles. The monoisotopic (exact) mass is 263 g/mol. The first-order chi connectivity index (χ1) is 9.78. The smallest absolute Gasteiger partial charge is 0.162 e. The molecule has 2 heteroatoms. The van der Waals surface area contributed by atoms with Crippen LogP contribution in [0.5, 0.6) is 0 Å². The molecule has 0 saturated carbocycles. The molecule has 2 nitrogen and oxygen atoms in total. The van der Waals surface area contributed by atoms with Gasteiger partial charge in [-0.2, -0.15) is 0 Å². The Hall–Kier alpha value is -2.35. The summed E-state index contributed by atoms with van der Waals surface area (Å²) in [7, 11) is 0. The Morgan fingerprint density at radius 1 is 1.05 bits per heavy atom. The summed E-state index contributed by atoms with van der Waals surface area (Å²) in [5.41, 5.74) is 3.25. The summed E-state index contributed by atoms with van der Waals surface area (Å²) in [5, 5.41) is 1.13. The van der Waals surface area contributed by atoms with Gasteiger partial charge in [0.1, 0.15) is 0 Å². The van der Waals surface area contributed by atoms with E-state index >= 15 is 0 Å². The summed E-state index contributed by atoms with van der Waals surface area (Å²) in [4.78, 5) is 11.7. The first-order valence-electron chi connectivity index (χ1n) is 6.94. The van der Waals surface area contributed by atoms with E-state index in [0.717, 1.165) is 17.5 Å². The number of benzene rings is 2. The Bertz CT molecular complexity index is 740. The van der Waals surface area contributed by atoms with Crippen LogP contribution in [0.1, 0.15) is 29.3 Å². The largest absolute Gasteiger partial charge is 0.343 e. The van der Waals surface area contributed by atoms with Gasteiger partial charge in [-0.15, -0.1) is 0 Å². The molecule has 0 N–H and O–H groups in total. The van der Waals surface area contributed by atoms with Crippen LogP contribution in [0.4, 0.5) is 0 Å². The van der Waals surface area contributed by atoms with Crippen molar-refractivity contribution < 1.29 is 4.79 Å². The van der Waals surface area contributed by atoms with Gasteiger partial charge in [-0.05, 0) is 29.8 Å². The van der Waals surface area contributed by atoms with Crippen molar-refractivity contribution >= 4 is 16.7 Å². The summed E-state index contributed by atoms with van der Waals surface area (Å²) < 4.78 is 2.21. The topological polar surface area (TPSA) is 22.0 Å². The Kier molecular flexibility index (Phi) is 3.38. The summed E-state index contributed by atoms with van der Waals surface area (Å²) in [6.45, 7) is 2.75. The van der Waals surface area contributed by atoms with E-state index in [2.05, 4.69) is 41.1 Å². The molecule has 1 aromatic heterocycles. The molecule has 0 atom stereocenters. The van der Waals surface area contributed by atoms with E-state index in [4.69, 9.17) is 0 Å². The van der Waals surface area contributed by atoms with Crippen molar-refractivity contribution in [2.24, 2.45) is 0 Å². The highest BCUT2D eigenvalue weighted by Gasteiger charge is 2.06. The number of ketones is 1. The maximum absolute atomic E-state index is 11.7. The molecule has 0 bridgehead atoms. The average molecular weight is 263 g/mol. The highest BCUT2D eigenvalue weighted by molar-refractivity contribution is 5.99. The van der Waals surface area contributed by atoms with E-state index in [-0.39, 0.29) is 5.78 Å². The number of rotatable bonds is 4. The molecule has 1 heterocycles. The fourth-order valence-electron chi connectivity index (χ4n) is 2.50. The second kappa shape index (κ2) is 5.33. The highest BCUT2D eigenvalue weighted by atomic mass is 16.1. The van der Waals surface area contributed by atoms with Gasteiger partial charge in [0.05, 0.1) is 0 Å². The molecular weight excluding hydrogens is 246 g/mol. The van der Waals surface area contributed by atoms with Crippen LogP contribution in [0.15, 0.2) is 60.8 Å². The molecule has 0 spiro atoms. The number of aromatic nitrogens is 1. The van der Waals surface area contributed by atoms with E-state index in [9.17, 15) is 4.79 Å². The highest BCUT2D eigenvalue weighted by Crippen LogP contribution is 2.19. The summed E-state index contributed by atoms with van der Waals surface area (Å²) in [6.07, 6.45) is 2.63. The third-order valence-corrected chi connectivity index (χ3v) is 3.61. The van der Waals surface area contributed by atoms with Crippen LogP contribution in [0.3, 0.4) is 0 Å². The second-order valence-corrected chi connectivity index (χ2v) is 4.98. The SMILES string of the molecule is CCC(=O)c1ccc2c(ccn2Cc2ccccc2)c1. The van der Waals surface area contributed by atoms with Gasteiger partial charge in [0.15, 0.2) is 5.78 Å². The number of carbonyl (C=O) groups is 1. The molecule has 0 unspecified atom stereocenters. The van der Waals surface area contributed by atoms with Crippen LogP contribution < -0.4 is 0 Å². The van der Waals surface area contributed by atoms with E-state index in [0.29, 0.717) is 6.42 Å². The van der Waals surface area contributed by atoms with Crippen molar-refractivity contribution in [3.05, 3.63) is 71.9 Å². The predicted molar refractivity (Wildman–Crippen MR) is 82.1 cm³/mol. The molecule has 0 fully saturated rings. The summed E-state index contributed by atoms with van der Waals surface area (Å²) in [5.74, 6) is 0.197. The van der Waals surface area contributed by atoms with Gasteiger partial charge in [-0.25, -0.2) is 0 Å². The van der Waals surface area contributed by atoms with E-state index in [1.807, 2.05) is 31.2 Å². The maximum atomic E-state index is 11.7. The van der Waals surface area contributed by atoms with Crippen LogP contribution in [-0.2, 0) is 6.54 Å². The number of Topliss-reactive ketones (excluding diaryl/α,β-unsaturated/α-hetero) is 1. The van der Waals surface area contributed by atoms with Crippen LogP contribution >= 0.6 is 0 Å². The average Bonchev–Trinajstić information content (AvgIpc) is 2.90. The zero-order valence-electron chi connectivity index (χ0n) is 11.5. The second-order valence-electron chi connectivity index (χ2n) is 4.98. The van der Waals surface area contributed by atoms with Gasteiger partial charge in [-0.3, -0.25) is 4.79 Å². The van der Waals surface area contributed by atoms with Gasteiger partial charge in [-0.1, -0.05) is 37.3 Å². The molecule has 0 amide bonds. The molecule has 20 heavy (non-hydrogen) atoms. The normalized spacial score (nSPS) is 10.8. The molecule has 0 radical (unpaired) electrons. The lowest BCUT2D eigenvalue weighted by Gasteiger charge is -2.06. The van der Waals surface area contributed by atoms with Crippen molar-refractivity contribution in [3.8, 4) is 0 Å². The van der Waals surface area contributed by atoms with Crippen LogP contribution in [-0.4, -0.2) is 10.4 Å². The third kappa shape index (κ3) is 2.37.